The third-order valence-corrected chi connectivity index (χ3v) is 2.17. The van der Waals surface area contributed by atoms with Gasteiger partial charge in [-0.2, -0.15) is 0 Å². The molecule has 2 N–H and O–H groups in total. The molecule has 2 nitrogen and oxygen atoms in total. The number of rotatable bonds is 3. The van der Waals surface area contributed by atoms with E-state index in [4.69, 9.17) is 5.73 Å². The lowest BCUT2D eigenvalue weighted by atomic mass is 10.1. The summed E-state index contributed by atoms with van der Waals surface area (Å²) < 4.78 is 0. The van der Waals surface area contributed by atoms with Crippen LogP contribution in [-0.4, -0.2) is 12.3 Å². The molecule has 1 aliphatic rings. The van der Waals surface area contributed by atoms with E-state index in [1.807, 2.05) is 13.8 Å². The van der Waals surface area contributed by atoms with E-state index in [9.17, 15) is 4.79 Å². The zero-order chi connectivity index (χ0) is 10.5. The van der Waals surface area contributed by atoms with E-state index in [-0.39, 0.29) is 5.41 Å². The van der Waals surface area contributed by atoms with E-state index in [1.165, 1.54) is 0 Å². The summed E-state index contributed by atoms with van der Waals surface area (Å²) >= 11 is 0. The van der Waals surface area contributed by atoms with Gasteiger partial charge in [0.1, 0.15) is 6.29 Å². The van der Waals surface area contributed by atoms with Crippen molar-refractivity contribution in [3.63, 3.8) is 0 Å². The zero-order valence-electron chi connectivity index (χ0n) is 9.34. The Morgan fingerprint density at radius 1 is 1.38 bits per heavy atom. The fourth-order valence-electron chi connectivity index (χ4n) is 1.06. The maximum absolute atomic E-state index is 9.89. The van der Waals surface area contributed by atoms with E-state index in [1.54, 1.807) is 0 Å². The van der Waals surface area contributed by atoms with E-state index >= 15 is 0 Å². The van der Waals surface area contributed by atoms with Crippen LogP contribution in [0, 0.1) is 11.3 Å². The van der Waals surface area contributed by atoms with Crippen molar-refractivity contribution in [1.29, 1.82) is 0 Å². The Hall–Kier alpha value is -0.370. The Morgan fingerprint density at radius 2 is 1.85 bits per heavy atom. The second-order valence-electron chi connectivity index (χ2n) is 4.88. The largest absolute Gasteiger partial charge is 0.328 e. The first-order chi connectivity index (χ1) is 5.89. The van der Waals surface area contributed by atoms with Crippen LogP contribution in [0.3, 0.4) is 0 Å². The highest BCUT2D eigenvalue weighted by Gasteiger charge is 2.36. The van der Waals surface area contributed by atoms with Gasteiger partial charge in [-0.15, -0.1) is 0 Å². The first-order valence-electron chi connectivity index (χ1n) is 5.11. The number of aldehydes is 1. The lowest BCUT2D eigenvalue weighted by Gasteiger charge is -2.05. The molecule has 0 aliphatic heterocycles. The monoisotopic (exact) mass is 185 g/mol. The van der Waals surface area contributed by atoms with Gasteiger partial charge in [0.15, 0.2) is 0 Å². The molecule has 1 fully saturated rings. The lowest BCUT2D eigenvalue weighted by Crippen LogP contribution is -2.16. The van der Waals surface area contributed by atoms with Crippen LogP contribution in [0.25, 0.3) is 0 Å². The van der Waals surface area contributed by atoms with Gasteiger partial charge in [-0.25, -0.2) is 0 Å². The number of carbonyl (C=O) groups excluding carboxylic acids is 1. The summed E-state index contributed by atoms with van der Waals surface area (Å²) in [6, 6.07) is 0.375. The van der Waals surface area contributed by atoms with Gasteiger partial charge in [-0.1, -0.05) is 20.8 Å². The van der Waals surface area contributed by atoms with E-state index < -0.39 is 0 Å². The molecule has 0 aromatic carbocycles. The highest BCUT2D eigenvalue weighted by Crippen LogP contribution is 2.42. The van der Waals surface area contributed by atoms with Crippen LogP contribution in [0.5, 0.6) is 0 Å². The predicted molar refractivity (Wildman–Crippen MR) is 56.5 cm³/mol. The molecular weight excluding hydrogens is 162 g/mol. The van der Waals surface area contributed by atoms with Gasteiger partial charge in [-0.05, 0) is 32.1 Å². The van der Waals surface area contributed by atoms with Gasteiger partial charge in [0.2, 0.25) is 0 Å². The fraction of sp³-hybridized carbons (Fsp3) is 0.909. The van der Waals surface area contributed by atoms with Crippen molar-refractivity contribution >= 4 is 6.29 Å². The molecule has 0 aromatic rings. The molecule has 0 bridgehead atoms. The number of nitrogens with two attached hydrogens (primary N) is 1. The van der Waals surface area contributed by atoms with Crippen LogP contribution < -0.4 is 5.73 Å². The molecule has 0 aromatic heterocycles. The standard InChI is InChI=1S/C6H15N.C5H8O/c1-5(2)4-6(3)7;1-5(4-6)2-3-5/h5-6H,4,7H2,1-3H3;4H,2-3H2,1H3. The molecule has 1 unspecified atom stereocenters. The summed E-state index contributed by atoms with van der Waals surface area (Å²) in [6.45, 7) is 8.40. The summed E-state index contributed by atoms with van der Waals surface area (Å²) in [6.07, 6.45) is 4.40. The minimum Gasteiger partial charge on any atom is -0.328 e. The number of hydrogen-bond donors (Lipinski definition) is 1. The van der Waals surface area contributed by atoms with E-state index in [0.717, 1.165) is 31.5 Å². The van der Waals surface area contributed by atoms with Gasteiger partial charge in [0.25, 0.3) is 0 Å². The minimum absolute atomic E-state index is 0.111. The van der Waals surface area contributed by atoms with Gasteiger partial charge in [0, 0.05) is 11.5 Å². The average Bonchev–Trinajstić information content (AvgIpc) is 2.67. The number of carbonyl (C=O) groups is 1. The van der Waals surface area contributed by atoms with Gasteiger partial charge < -0.3 is 10.5 Å². The molecule has 1 atom stereocenters. The van der Waals surface area contributed by atoms with E-state index in [0.29, 0.717) is 6.04 Å². The van der Waals surface area contributed by atoms with Crippen molar-refractivity contribution in [3.8, 4) is 0 Å². The second kappa shape index (κ2) is 5.38. The third-order valence-electron chi connectivity index (χ3n) is 2.17. The Bertz CT molecular complexity index is 142. The first kappa shape index (κ1) is 12.6. The Labute approximate surface area is 81.9 Å². The van der Waals surface area contributed by atoms with Crippen molar-refractivity contribution in [2.75, 3.05) is 0 Å². The molecule has 0 heterocycles. The molecule has 0 radical (unpaired) electrons. The molecule has 1 rings (SSSR count). The van der Waals surface area contributed by atoms with Crippen molar-refractivity contribution in [2.45, 2.75) is 53.0 Å². The third kappa shape index (κ3) is 7.97. The van der Waals surface area contributed by atoms with Gasteiger partial charge >= 0.3 is 0 Å². The van der Waals surface area contributed by atoms with Gasteiger partial charge in [-0.3, -0.25) is 0 Å². The van der Waals surface area contributed by atoms with Crippen molar-refractivity contribution in [1.82, 2.24) is 0 Å². The first-order valence-corrected chi connectivity index (χ1v) is 5.11. The van der Waals surface area contributed by atoms with Gasteiger partial charge in [0.05, 0.1) is 0 Å². The van der Waals surface area contributed by atoms with Crippen molar-refractivity contribution < 1.29 is 4.79 Å². The summed E-state index contributed by atoms with van der Waals surface area (Å²) in [5.41, 5.74) is 5.60. The molecule has 0 saturated heterocycles. The Morgan fingerprint density at radius 3 is 1.85 bits per heavy atom. The normalized spacial score (nSPS) is 20.2. The average molecular weight is 185 g/mol. The van der Waals surface area contributed by atoms with Crippen LogP contribution in [0.1, 0.15) is 47.0 Å². The summed E-state index contributed by atoms with van der Waals surface area (Å²) in [7, 11) is 0. The summed E-state index contributed by atoms with van der Waals surface area (Å²) in [4.78, 5) is 9.89. The molecule has 0 amide bonds. The van der Waals surface area contributed by atoms with Crippen LogP contribution in [0.4, 0.5) is 0 Å². The van der Waals surface area contributed by atoms with Crippen molar-refractivity contribution in [3.05, 3.63) is 0 Å². The Balaban J connectivity index is 0.000000223. The maximum atomic E-state index is 9.89. The minimum atomic E-state index is 0.111. The number of hydrogen-bond acceptors (Lipinski definition) is 2. The molecule has 78 valence electrons. The fourth-order valence-corrected chi connectivity index (χ4v) is 1.06. The Kier molecular flexibility index (Phi) is 5.23. The van der Waals surface area contributed by atoms with Crippen LogP contribution in [0.2, 0.25) is 0 Å². The molecule has 1 saturated carbocycles. The molecule has 0 spiro atoms. The SMILES string of the molecule is CC(C)CC(C)N.CC1(C=O)CC1. The van der Waals surface area contributed by atoms with Crippen LogP contribution in [-0.2, 0) is 4.79 Å². The summed E-state index contributed by atoms with van der Waals surface area (Å²) in [5, 5.41) is 0. The predicted octanol–water partition coefficient (Wildman–Crippen LogP) is 2.37. The van der Waals surface area contributed by atoms with Crippen molar-refractivity contribution in [2.24, 2.45) is 17.1 Å². The van der Waals surface area contributed by atoms with E-state index in [2.05, 4.69) is 13.8 Å². The molecular formula is C11H23NO. The maximum Gasteiger partial charge on any atom is 0.125 e. The lowest BCUT2D eigenvalue weighted by molar-refractivity contribution is -0.111. The quantitative estimate of drug-likeness (QED) is 0.686. The smallest absolute Gasteiger partial charge is 0.125 e. The zero-order valence-corrected chi connectivity index (χ0v) is 9.34. The van der Waals surface area contributed by atoms with Crippen LogP contribution in [0.15, 0.2) is 0 Å². The molecule has 1 aliphatic carbocycles. The van der Waals surface area contributed by atoms with Crippen LogP contribution >= 0.6 is 0 Å². The molecule has 13 heavy (non-hydrogen) atoms. The topological polar surface area (TPSA) is 43.1 Å². The molecule has 2 heteroatoms. The highest BCUT2D eigenvalue weighted by molar-refractivity contribution is 5.62. The summed E-state index contributed by atoms with van der Waals surface area (Å²) in [5.74, 6) is 0.750. The highest BCUT2D eigenvalue weighted by atomic mass is 16.1. The second-order valence-corrected chi connectivity index (χ2v) is 4.88.